The molecule has 0 spiro atoms. The van der Waals surface area contributed by atoms with Crippen molar-refractivity contribution in [3.05, 3.63) is 392 Å². The van der Waals surface area contributed by atoms with Crippen LogP contribution in [-0.4, -0.2) is 16.1 Å². The molecule has 0 atom stereocenters. The van der Waals surface area contributed by atoms with Gasteiger partial charge in [-0.1, -0.05) is 285 Å². The minimum Gasteiger partial charge on any atom is -0.354 e. The second-order valence-corrected chi connectivity index (χ2v) is 35.9. The third-order valence-electron chi connectivity index (χ3n) is 18.3. The smallest absolute Gasteiger partial charge is 0.179 e. The average molecular weight is 1500 g/mol. The summed E-state index contributed by atoms with van der Waals surface area (Å²) in [6, 6.07) is 122. The molecule has 492 valence electrons. The zero-order valence-electron chi connectivity index (χ0n) is 56.7. The summed E-state index contributed by atoms with van der Waals surface area (Å²) in [7, 11) is -5.40. The molecule has 0 aromatic heterocycles. The third-order valence-corrected chi connectivity index (χ3v) is 29.4. The van der Waals surface area contributed by atoms with Crippen molar-refractivity contribution < 1.29 is 0 Å². The Kier molecular flexibility index (Phi) is 21.2. The standard InChI is InChI=1S/C45H37ClN2Si.C26H22Br2Si.C19H17ClN2/c1-32-24-37-30-41(26-32)49(39-20-12-6-13-21-39,40-22-14-7-15-23-40)42-27-33(2)25-38(31-42)48(36-18-10-5-11-19-36)44-29-34(3)28-43(45(44)46)47(37)35-16-8-4-9-17-35;1-19-13-21(27)17-25(15-19)29(23-9-5-3-6-10-23,24-11-7-4-8-12-24)26-16-20(2)14-22(28)18-26;1-14-12-17(21-15-8-4-2-5-9-15)19(20)18(13-14)22-16-10-6-3-7-11-16/h4-31H,1-3H3;3-18H,1-2H3;2-13,21-22H,1H3. The van der Waals surface area contributed by atoms with Crippen LogP contribution >= 0.6 is 55.1 Å². The van der Waals surface area contributed by atoms with Crippen molar-refractivity contribution in [2.45, 2.75) is 41.5 Å². The van der Waals surface area contributed by atoms with Crippen LogP contribution in [0.1, 0.15) is 33.4 Å². The van der Waals surface area contributed by atoms with Crippen LogP contribution in [0.2, 0.25) is 10.0 Å². The summed E-state index contributed by atoms with van der Waals surface area (Å²) < 4.78 is 2.26. The van der Waals surface area contributed by atoms with Crippen molar-refractivity contribution in [1.29, 1.82) is 0 Å². The molecule has 0 radical (unpaired) electrons. The van der Waals surface area contributed by atoms with Gasteiger partial charge in [0.05, 0.1) is 32.8 Å². The Bertz CT molecular complexity index is 4780. The maximum Gasteiger partial charge on any atom is 0.179 e. The van der Waals surface area contributed by atoms with Crippen molar-refractivity contribution in [2.75, 3.05) is 20.4 Å². The van der Waals surface area contributed by atoms with Gasteiger partial charge in [0.1, 0.15) is 0 Å². The summed E-state index contributed by atoms with van der Waals surface area (Å²) in [4.78, 5) is 4.68. The number of hydrogen-bond donors (Lipinski definition) is 2. The molecule has 100 heavy (non-hydrogen) atoms. The van der Waals surface area contributed by atoms with Gasteiger partial charge < -0.3 is 20.4 Å². The first kappa shape index (κ1) is 68.8. The maximum absolute atomic E-state index is 7.68. The minimum atomic E-state index is -2.91. The van der Waals surface area contributed by atoms with Crippen LogP contribution in [0.15, 0.2) is 349 Å². The van der Waals surface area contributed by atoms with Gasteiger partial charge in [0, 0.05) is 43.1 Å². The fraction of sp³-hybridized carbons (Fsp3) is 0.0667. The largest absolute Gasteiger partial charge is 0.354 e. The number of para-hydroxylation sites is 4. The van der Waals surface area contributed by atoms with Gasteiger partial charge >= 0.3 is 0 Å². The van der Waals surface area contributed by atoms with E-state index in [0.717, 1.165) is 76.9 Å². The van der Waals surface area contributed by atoms with Gasteiger partial charge in [0.15, 0.2) is 16.1 Å². The zero-order valence-corrected chi connectivity index (χ0v) is 63.4. The Morgan fingerprint density at radius 3 is 0.950 bits per heavy atom. The topological polar surface area (TPSA) is 30.5 Å². The van der Waals surface area contributed by atoms with E-state index in [2.05, 4.69) is 361 Å². The fourth-order valence-corrected chi connectivity index (χ4v) is 26.4. The summed E-state index contributed by atoms with van der Waals surface area (Å²) in [6.07, 6.45) is 0. The Morgan fingerprint density at radius 2 is 0.590 bits per heavy atom. The third kappa shape index (κ3) is 14.6. The molecule has 0 saturated carbocycles. The Morgan fingerprint density at radius 1 is 0.280 bits per heavy atom. The summed E-state index contributed by atoms with van der Waals surface area (Å²) in [5.41, 5.74) is 17.2. The van der Waals surface area contributed by atoms with E-state index in [4.69, 9.17) is 23.2 Å². The van der Waals surface area contributed by atoms with Gasteiger partial charge in [-0.15, -0.1) is 0 Å². The van der Waals surface area contributed by atoms with Crippen molar-refractivity contribution in [3.8, 4) is 0 Å². The first-order valence-corrected chi connectivity index (χ1v) is 40.0. The predicted octanol–water partition coefficient (Wildman–Crippen LogP) is 21.2. The van der Waals surface area contributed by atoms with Crippen molar-refractivity contribution in [1.82, 2.24) is 0 Å². The lowest BCUT2D eigenvalue weighted by Crippen LogP contribution is -2.74. The second kappa shape index (κ2) is 30.8. The first-order valence-electron chi connectivity index (χ1n) is 33.6. The van der Waals surface area contributed by atoms with Crippen LogP contribution < -0.4 is 61.9 Å². The molecule has 6 bridgehead atoms. The maximum atomic E-state index is 7.68. The zero-order chi connectivity index (χ0) is 69.3. The predicted molar refractivity (Wildman–Crippen MR) is 443 cm³/mol. The van der Waals surface area contributed by atoms with E-state index in [1.165, 1.54) is 63.7 Å². The minimum absolute atomic E-state index is 0.679. The molecule has 4 nitrogen and oxygen atoms in total. The Balaban J connectivity index is 0.000000149. The van der Waals surface area contributed by atoms with E-state index in [1.54, 1.807) is 0 Å². The van der Waals surface area contributed by atoms with E-state index >= 15 is 0 Å². The first-order chi connectivity index (χ1) is 48.6. The van der Waals surface area contributed by atoms with Gasteiger partial charge in [0.2, 0.25) is 0 Å². The molecule has 10 heteroatoms. The second-order valence-electron chi connectivity index (χ2n) is 25.7. The van der Waals surface area contributed by atoms with Crippen molar-refractivity contribution >= 4 is 170 Å². The molecule has 0 fully saturated rings. The lowest BCUT2D eigenvalue weighted by molar-refractivity contribution is 1.23. The number of nitrogens with one attached hydrogen (secondary N) is 2. The van der Waals surface area contributed by atoms with E-state index in [0.29, 0.717) is 10.0 Å². The summed E-state index contributed by atoms with van der Waals surface area (Å²) in [5, 5.41) is 19.0. The lowest BCUT2D eigenvalue weighted by atomic mass is 10.1. The number of fused-ring (bicyclic) bond motifs is 6. The van der Waals surface area contributed by atoms with Crippen LogP contribution in [0, 0.1) is 41.5 Å². The SMILES string of the molecule is Cc1cc(Br)cc([Si](c2ccccc2)(c2ccccc2)c2cc(C)cc(Br)c2)c1.Cc1cc(Nc2ccccc2)c(Cl)c(Nc2ccccc2)c1.Cc1cc2cc(c1)[Si](c1ccccc1)(c1ccccc1)c1cc(C)cc(c1)N(c1ccccc1)c1cc(C)cc(c1Cl)N2c1ccccc1. The molecule has 14 aromatic rings. The van der Waals surface area contributed by atoms with Crippen LogP contribution in [0.5, 0.6) is 0 Å². The Labute approximate surface area is 618 Å². The van der Waals surface area contributed by atoms with Crippen molar-refractivity contribution in [2.24, 2.45) is 0 Å². The molecule has 0 aliphatic carbocycles. The van der Waals surface area contributed by atoms with Gasteiger partial charge in [-0.25, -0.2) is 0 Å². The van der Waals surface area contributed by atoms with Crippen molar-refractivity contribution in [3.63, 3.8) is 0 Å². The molecule has 0 saturated heterocycles. The molecule has 0 amide bonds. The molecule has 14 aromatic carbocycles. The highest BCUT2D eigenvalue weighted by Gasteiger charge is 2.44. The quantitative estimate of drug-likeness (QED) is 0.0943. The van der Waals surface area contributed by atoms with Gasteiger partial charge in [-0.3, -0.25) is 0 Å². The summed E-state index contributed by atoms with van der Waals surface area (Å²) in [6.45, 7) is 13.0. The summed E-state index contributed by atoms with van der Waals surface area (Å²) >= 11 is 21.8. The van der Waals surface area contributed by atoms with E-state index in [9.17, 15) is 0 Å². The highest BCUT2D eigenvalue weighted by atomic mass is 79.9. The van der Waals surface area contributed by atoms with Crippen LogP contribution in [-0.2, 0) is 0 Å². The highest BCUT2D eigenvalue weighted by Crippen LogP contribution is 2.48. The highest BCUT2D eigenvalue weighted by molar-refractivity contribution is 9.10. The van der Waals surface area contributed by atoms with Gasteiger partial charge in [-0.05, 0) is 227 Å². The normalized spacial score (nSPS) is 12.1. The number of rotatable bonds is 12. The number of nitrogens with zero attached hydrogens (tertiary/aromatic N) is 2. The Hall–Kier alpha value is -9.75. The molecule has 0 unspecified atom stereocenters. The molecule has 1 aliphatic rings. The van der Waals surface area contributed by atoms with Crippen LogP contribution in [0.4, 0.5) is 56.9 Å². The van der Waals surface area contributed by atoms with Gasteiger partial charge in [0.25, 0.3) is 0 Å². The van der Waals surface area contributed by atoms with Crippen LogP contribution in [0.3, 0.4) is 0 Å². The molecule has 1 heterocycles. The average Bonchev–Trinajstić information content (AvgIpc) is 0.722. The summed E-state index contributed by atoms with van der Waals surface area (Å²) in [5.74, 6) is 0. The number of hydrogen-bond acceptors (Lipinski definition) is 4. The monoisotopic (exact) mass is 1500 g/mol. The number of aryl methyl sites for hydroxylation is 6. The molecule has 15 rings (SSSR count). The number of halogens is 4. The van der Waals surface area contributed by atoms with Crippen LogP contribution in [0.25, 0.3) is 0 Å². The van der Waals surface area contributed by atoms with E-state index < -0.39 is 16.1 Å². The molecular weight excluding hydrogens is 1420 g/mol. The molecule has 2 N–H and O–H groups in total. The number of benzene rings is 14. The molecule has 1 aliphatic heterocycles. The fourth-order valence-electron chi connectivity index (χ4n) is 14.2. The van der Waals surface area contributed by atoms with E-state index in [1.807, 2.05) is 72.8 Å². The molecular formula is C90H76Br2Cl2N4Si2. The van der Waals surface area contributed by atoms with E-state index in [-0.39, 0.29) is 0 Å². The van der Waals surface area contributed by atoms with Gasteiger partial charge in [-0.2, -0.15) is 0 Å². The number of anilines is 10. The lowest BCUT2D eigenvalue weighted by Gasteiger charge is -2.38.